The fourth-order valence-corrected chi connectivity index (χ4v) is 3.20. The van der Waals surface area contributed by atoms with Gasteiger partial charge in [-0.1, -0.05) is 23.7 Å². The van der Waals surface area contributed by atoms with Gasteiger partial charge < -0.3 is 14.6 Å². The number of aromatic carboxylic acids is 1. The van der Waals surface area contributed by atoms with Crippen molar-refractivity contribution in [3.05, 3.63) is 52.8 Å². The van der Waals surface area contributed by atoms with Crippen LogP contribution >= 0.6 is 11.6 Å². The highest BCUT2D eigenvalue weighted by atomic mass is 35.5. The third-order valence-electron chi connectivity index (χ3n) is 4.17. The predicted molar refractivity (Wildman–Crippen MR) is 100 cm³/mol. The highest BCUT2D eigenvalue weighted by Gasteiger charge is 2.17. The van der Waals surface area contributed by atoms with Crippen molar-refractivity contribution in [2.24, 2.45) is 0 Å². The van der Waals surface area contributed by atoms with E-state index in [9.17, 15) is 9.90 Å². The van der Waals surface area contributed by atoms with Crippen LogP contribution < -0.4 is 0 Å². The van der Waals surface area contributed by atoms with Crippen molar-refractivity contribution in [1.82, 2.24) is 14.5 Å². The number of rotatable bonds is 5. The molecule has 1 aromatic heterocycles. The topological polar surface area (TPSA) is 58.4 Å². The summed E-state index contributed by atoms with van der Waals surface area (Å²) in [5, 5.41) is 10.3. The molecule has 25 heavy (non-hydrogen) atoms. The van der Waals surface area contributed by atoms with Gasteiger partial charge in [-0.3, -0.25) is 0 Å². The van der Waals surface area contributed by atoms with Crippen molar-refractivity contribution in [2.75, 3.05) is 20.6 Å². The van der Waals surface area contributed by atoms with Crippen LogP contribution in [0.25, 0.3) is 22.2 Å². The lowest BCUT2D eigenvalue weighted by Crippen LogP contribution is -2.18. The van der Waals surface area contributed by atoms with Crippen molar-refractivity contribution in [3.8, 4) is 11.1 Å². The number of hydrogen-bond acceptors (Lipinski definition) is 3. The van der Waals surface area contributed by atoms with Crippen molar-refractivity contribution in [3.63, 3.8) is 0 Å². The summed E-state index contributed by atoms with van der Waals surface area (Å²) in [5.41, 5.74) is 4.15. The second-order valence-electron chi connectivity index (χ2n) is 6.42. The average Bonchev–Trinajstić information content (AvgIpc) is 2.94. The molecular weight excluding hydrogens is 338 g/mol. The molecule has 0 radical (unpaired) electrons. The lowest BCUT2D eigenvalue weighted by Gasteiger charge is -2.12. The minimum Gasteiger partial charge on any atom is -0.478 e. The van der Waals surface area contributed by atoms with E-state index in [1.165, 1.54) is 0 Å². The highest BCUT2D eigenvalue weighted by Crippen LogP contribution is 2.32. The summed E-state index contributed by atoms with van der Waals surface area (Å²) >= 11 is 6.36. The van der Waals surface area contributed by atoms with Gasteiger partial charge in [0.15, 0.2) is 0 Å². The van der Waals surface area contributed by atoms with Gasteiger partial charge in [0.05, 0.1) is 22.9 Å². The van der Waals surface area contributed by atoms with E-state index in [4.69, 9.17) is 11.6 Å². The molecule has 0 bridgehead atoms. The summed E-state index contributed by atoms with van der Waals surface area (Å²) in [6, 6.07) is 9.31. The third-order valence-corrected chi connectivity index (χ3v) is 4.48. The van der Waals surface area contributed by atoms with Crippen molar-refractivity contribution in [1.29, 1.82) is 0 Å². The Kier molecular flexibility index (Phi) is 4.79. The second-order valence-corrected chi connectivity index (χ2v) is 6.83. The Balaban J connectivity index is 2.16. The summed E-state index contributed by atoms with van der Waals surface area (Å²) in [6.45, 7) is 3.44. The fourth-order valence-electron chi connectivity index (χ4n) is 2.86. The molecule has 0 unspecified atom stereocenters. The standard InChI is InChI=1S/C19H20ClN3O2/c1-12-4-5-14(16(20)8-12)13-9-15(19(24)25)18-17(10-13)21-11-23(18)7-6-22(2)3/h4-5,8-11H,6-7H2,1-3H3,(H,24,25). The first kappa shape index (κ1) is 17.5. The maximum absolute atomic E-state index is 11.8. The molecule has 0 fully saturated rings. The van der Waals surface area contributed by atoms with E-state index in [1.807, 2.05) is 54.8 Å². The number of carboxylic acids is 1. The molecule has 0 aliphatic carbocycles. The Bertz CT molecular complexity index is 947. The molecule has 0 aliphatic heterocycles. The van der Waals surface area contributed by atoms with Crippen LogP contribution in [0.4, 0.5) is 0 Å². The van der Waals surface area contributed by atoms with E-state index < -0.39 is 5.97 Å². The summed E-state index contributed by atoms with van der Waals surface area (Å²) < 4.78 is 1.89. The third kappa shape index (κ3) is 3.52. The maximum atomic E-state index is 11.8. The average molecular weight is 358 g/mol. The van der Waals surface area contributed by atoms with Crippen LogP contribution in [-0.4, -0.2) is 46.2 Å². The first-order chi connectivity index (χ1) is 11.9. The SMILES string of the molecule is Cc1ccc(-c2cc(C(=O)O)c3c(c2)ncn3CCN(C)C)c(Cl)c1. The van der Waals surface area contributed by atoms with Gasteiger partial charge in [-0.25, -0.2) is 9.78 Å². The van der Waals surface area contributed by atoms with E-state index >= 15 is 0 Å². The summed E-state index contributed by atoms with van der Waals surface area (Å²) in [4.78, 5) is 18.3. The Labute approximate surface area is 151 Å². The van der Waals surface area contributed by atoms with Crippen LogP contribution in [0.2, 0.25) is 5.02 Å². The van der Waals surface area contributed by atoms with Crippen LogP contribution in [-0.2, 0) is 6.54 Å². The maximum Gasteiger partial charge on any atom is 0.337 e. The number of nitrogens with zero attached hydrogens (tertiary/aromatic N) is 3. The van der Waals surface area contributed by atoms with Gasteiger partial charge in [0.1, 0.15) is 0 Å². The highest BCUT2D eigenvalue weighted by molar-refractivity contribution is 6.33. The van der Waals surface area contributed by atoms with Crippen LogP contribution in [0.1, 0.15) is 15.9 Å². The zero-order valence-electron chi connectivity index (χ0n) is 14.5. The molecule has 2 aromatic carbocycles. The molecule has 0 saturated carbocycles. The second kappa shape index (κ2) is 6.86. The number of aromatic nitrogens is 2. The van der Waals surface area contributed by atoms with E-state index in [-0.39, 0.29) is 5.56 Å². The molecule has 1 heterocycles. The van der Waals surface area contributed by atoms with Crippen LogP contribution in [0.3, 0.4) is 0 Å². The zero-order chi connectivity index (χ0) is 18.1. The van der Waals surface area contributed by atoms with Gasteiger partial charge in [-0.2, -0.15) is 0 Å². The van der Waals surface area contributed by atoms with Crippen LogP contribution in [0, 0.1) is 6.92 Å². The van der Waals surface area contributed by atoms with Gasteiger partial charge in [0.25, 0.3) is 0 Å². The molecule has 0 spiro atoms. The number of hydrogen-bond donors (Lipinski definition) is 1. The molecule has 0 aliphatic rings. The number of halogens is 1. The lowest BCUT2D eigenvalue weighted by molar-refractivity contribution is 0.0698. The molecule has 3 aromatic rings. The summed E-state index contributed by atoms with van der Waals surface area (Å²) in [6.07, 6.45) is 1.70. The molecular formula is C19H20ClN3O2. The minimum atomic E-state index is -0.971. The Morgan fingerprint density at radius 1 is 1.28 bits per heavy atom. The van der Waals surface area contributed by atoms with Gasteiger partial charge in [-0.15, -0.1) is 0 Å². The molecule has 130 valence electrons. The van der Waals surface area contributed by atoms with Gasteiger partial charge in [-0.05, 0) is 50.3 Å². The molecule has 3 rings (SSSR count). The minimum absolute atomic E-state index is 0.236. The number of likely N-dealkylation sites (N-methyl/N-ethyl adjacent to an activating group) is 1. The first-order valence-electron chi connectivity index (χ1n) is 8.00. The zero-order valence-corrected chi connectivity index (χ0v) is 15.2. The van der Waals surface area contributed by atoms with E-state index in [0.717, 1.165) is 23.2 Å². The monoisotopic (exact) mass is 357 g/mol. The predicted octanol–water partition coefficient (Wildman–Crippen LogP) is 3.92. The number of aryl methyl sites for hydroxylation is 1. The normalized spacial score (nSPS) is 11.4. The quantitative estimate of drug-likeness (QED) is 0.751. The Morgan fingerprint density at radius 3 is 2.68 bits per heavy atom. The van der Waals surface area contributed by atoms with Gasteiger partial charge in [0.2, 0.25) is 0 Å². The first-order valence-corrected chi connectivity index (χ1v) is 8.38. The smallest absolute Gasteiger partial charge is 0.337 e. The molecule has 0 atom stereocenters. The van der Waals surface area contributed by atoms with Gasteiger partial charge >= 0.3 is 5.97 Å². The number of carboxylic acid groups (broad SMARTS) is 1. The summed E-state index contributed by atoms with van der Waals surface area (Å²) in [7, 11) is 3.96. The summed E-state index contributed by atoms with van der Waals surface area (Å²) in [5.74, 6) is -0.971. The largest absolute Gasteiger partial charge is 0.478 e. The van der Waals surface area contributed by atoms with E-state index in [0.29, 0.717) is 22.6 Å². The molecule has 0 amide bonds. The Morgan fingerprint density at radius 2 is 2.04 bits per heavy atom. The molecule has 0 saturated heterocycles. The van der Waals surface area contributed by atoms with Crippen molar-refractivity contribution < 1.29 is 9.90 Å². The Hall–Kier alpha value is -2.37. The lowest BCUT2D eigenvalue weighted by atomic mass is 10.0. The van der Waals surface area contributed by atoms with E-state index in [1.54, 1.807) is 12.4 Å². The number of benzene rings is 2. The number of imidazole rings is 1. The molecule has 5 nitrogen and oxygen atoms in total. The number of fused-ring (bicyclic) bond motifs is 1. The molecule has 1 N–H and O–H groups in total. The number of carbonyl (C=O) groups is 1. The van der Waals surface area contributed by atoms with E-state index in [2.05, 4.69) is 4.98 Å². The van der Waals surface area contributed by atoms with Gasteiger partial charge in [0, 0.05) is 23.7 Å². The fraction of sp³-hybridized carbons (Fsp3) is 0.263. The van der Waals surface area contributed by atoms with Crippen LogP contribution in [0.15, 0.2) is 36.7 Å². The molecule has 6 heteroatoms. The van der Waals surface area contributed by atoms with Crippen LogP contribution in [0.5, 0.6) is 0 Å². The van der Waals surface area contributed by atoms with Crippen molar-refractivity contribution in [2.45, 2.75) is 13.5 Å². The van der Waals surface area contributed by atoms with Crippen molar-refractivity contribution >= 4 is 28.6 Å².